The summed E-state index contributed by atoms with van der Waals surface area (Å²) in [6.45, 7) is 8.20. The standard InChI is InChI=1S/C21H26N2O3/c1-13-7-5-6-8-22(13)12-14-11-21(2,3)23-18-16(14)9-15(26-4)10-17(18)19(24)20(23)25/h9-11,13H,5-8,12H2,1-4H3. The van der Waals surface area contributed by atoms with Crippen LogP contribution in [0.4, 0.5) is 5.69 Å². The number of amides is 1. The number of carbonyl (C=O) groups excluding carboxylic acids is 2. The van der Waals surface area contributed by atoms with Crippen LogP contribution < -0.4 is 9.64 Å². The summed E-state index contributed by atoms with van der Waals surface area (Å²) in [5.74, 6) is -0.255. The smallest absolute Gasteiger partial charge is 0.300 e. The quantitative estimate of drug-likeness (QED) is 0.782. The van der Waals surface area contributed by atoms with Gasteiger partial charge in [0.15, 0.2) is 0 Å². The van der Waals surface area contributed by atoms with E-state index in [1.807, 2.05) is 19.9 Å². The third kappa shape index (κ3) is 2.49. The van der Waals surface area contributed by atoms with Gasteiger partial charge in [-0.05, 0) is 57.9 Å². The number of hydrogen-bond donors (Lipinski definition) is 0. The Bertz CT molecular complexity index is 825. The molecule has 4 rings (SSSR count). The van der Waals surface area contributed by atoms with Crippen molar-refractivity contribution in [3.8, 4) is 5.75 Å². The second-order valence-electron chi connectivity index (χ2n) is 8.18. The molecule has 1 saturated heterocycles. The molecule has 0 aromatic heterocycles. The number of benzene rings is 1. The molecule has 0 aliphatic carbocycles. The lowest BCUT2D eigenvalue weighted by Gasteiger charge is -2.41. The fourth-order valence-electron chi connectivity index (χ4n) is 4.56. The van der Waals surface area contributed by atoms with Crippen LogP contribution in [0.2, 0.25) is 0 Å². The maximum atomic E-state index is 12.6. The van der Waals surface area contributed by atoms with Gasteiger partial charge in [-0.2, -0.15) is 0 Å². The number of ketones is 1. The number of hydrogen-bond acceptors (Lipinski definition) is 4. The zero-order chi connectivity index (χ0) is 18.6. The van der Waals surface area contributed by atoms with E-state index < -0.39 is 17.2 Å². The van der Waals surface area contributed by atoms with Crippen LogP contribution in [0.1, 0.15) is 56.0 Å². The predicted octanol–water partition coefficient (Wildman–Crippen LogP) is 3.27. The maximum absolute atomic E-state index is 12.6. The lowest BCUT2D eigenvalue weighted by atomic mass is 9.87. The van der Waals surface area contributed by atoms with Crippen molar-refractivity contribution < 1.29 is 14.3 Å². The Morgan fingerprint density at radius 2 is 1.92 bits per heavy atom. The molecule has 0 bridgehead atoms. The zero-order valence-corrected chi connectivity index (χ0v) is 16.0. The van der Waals surface area contributed by atoms with Crippen molar-refractivity contribution in [2.45, 2.75) is 51.6 Å². The Kier molecular flexibility index (Phi) is 3.95. The Labute approximate surface area is 154 Å². The summed E-state index contributed by atoms with van der Waals surface area (Å²) in [6.07, 6.45) is 5.88. The zero-order valence-electron chi connectivity index (χ0n) is 16.0. The highest BCUT2D eigenvalue weighted by atomic mass is 16.5. The van der Waals surface area contributed by atoms with Gasteiger partial charge in [0.1, 0.15) is 5.75 Å². The summed E-state index contributed by atoms with van der Waals surface area (Å²) < 4.78 is 5.41. The molecule has 1 atom stereocenters. The number of ether oxygens (including phenoxy) is 1. The number of piperidine rings is 1. The number of carbonyl (C=O) groups is 2. The summed E-state index contributed by atoms with van der Waals surface area (Å²) in [4.78, 5) is 29.4. The maximum Gasteiger partial charge on any atom is 0.300 e. The summed E-state index contributed by atoms with van der Waals surface area (Å²) in [6, 6.07) is 4.21. The van der Waals surface area contributed by atoms with E-state index in [1.54, 1.807) is 18.1 Å². The first-order chi connectivity index (χ1) is 12.3. The first kappa shape index (κ1) is 17.3. The molecule has 3 heterocycles. The van der Waals surface area contributed by atoms with Gasteiger partial charge in [0.05, 0.1) is 23.9 Å². The Hall–Kier alpha value is -2.14. The highest BCUT2D eigenvalue weighted by Gasteiger charge is 2.47. The monoisotopic (exact) mass is 354 g/mol. The molecule has 1 aromatic rings. The number of methoxy groups -OCH3 is 1. The van der Waals surface area contributed by atoms with Crippen LogP contribution in [-0.4, -0.2) is 48.4 Å². The Morgan fingerprint density at radius 1 is 1.19 bits per heavy atom. The van der Waals surface area contributed by atoms with Crippen LogP contribution >= 0.6 is 0 Å². The first-order valence-electron chi connectivity index (χ1n) is 9.40. The molecule has 0 radical (unpaired) electrons. The van der Waals surface area contributed by atoms with Crippen molar-refractivity contribution in [1.29, 1.82) is 0 Å². The molecule has 1 fully saturated rings. The molecule has 0 N–H and O–H groups in total. The summed E-state index contributed by atoms with van der Waals surface area (Å²) in [5.41, 5.74) is 2.84. The molecule has 5 heteroatoms. The second-order valence-corrected chi connectivity index (χ2v) is 8.18. The van der Waals surface area contributed by atoms with Gasteiger partial charge < -0.3 is 4.74 Å². The highest BCUT2D eigenvalue weighted by Crippen LogP contribution is 2.47. The first-order valence-corrected chi connectivity index (χ1v) is 9.40. The van der Waals surface area contributed by atoms with E-state index in [1.165, 1.54) is 24.8 Å². The van der Waals surface area contributed by atoms with Gasteiger partial charge in [-0.25, -0.2) is 0 Å². The van der Waals surface area contributed by atoms with Crippen molar-refractivity contribution in [3.05, 3.63) is 29.3 Å². The van der Waals surface area contributed by atoms with E-state index in [4.69, 9.17) is 4.74 Å². The Morgan fingerprint density at radius 3 is 2.62 bits per heavy atom. The van der Waals surface area contributed by atoms with Crippen molar-refractivity contribution >= 4 is 23.0 Å². The molecule has 5 nitrogen and oxygen atoms in total. The molecule has 1 amide bonds. The molecule has 0 spiro atoms. The minimum absolute atomic E-state index is 0.436. The van der Waals surface area contributed by atoms with E-state index in [-0.39, 0.29) is 0 Å². The number of likely N-dealkylation sites (tertiary alicyclic amines) is 1. The molecule has 1 unspecified atom stereocenters. The fourth-order valence-corrected chi connectivity index (χ4v) is 4.56. The van der Waals surface area contributed by atoms with Crippen LogP contribution in [0.25, 0.3) is 5.57 Å². The number of nitrogens with zero attached hydrogens (tertiary/aromatic N) is 2. The molecule has 1 aromatic carbocycles. The van der Waals surface area contributed by atoms with Gasteiger partial charge in [0.25, 0.3) is 11.7 Å². The van der Waals surface area contributed by atoms with Crippen LogP contribution in [0.3, 0.4) is 0 Å². The van der Waals surface area contributed by atoms with E-state index in [0.717, 1.165) is 24.3 Å². The van der Waals surface area contributed by atoms with Crippen molar-refractivity contribution in [3.63, 3.8) is 0 Å². The normalized spacial score (nSPS) is 24.5. The molecule has 0 saturated carbocycles. The van der Waals surface area contributed by atoms with E-state index >= 15 is 0 Å². The summed E-state index contributed by atoms with van der Waals surface area (Å²) >= 11 is 0. The van der Waals surface area contributed by atoms with Crippen molar-refractivity contribution in [2.75, 3.05) is 25.1 Å². The van der Waals surface area contributed by atoms with Crippen LogP contribution in [0, 0.1) is 0 Å². The van der Waals surface area contributed by atoms with E-state index in [2.05, 4.69) is 17.9 Å². The molecule has 3 aliphatic rings. The lowest BCUT2D eigenvalue weighted by molar-refractivity contribution is -0.115. The minimum atomic E-state index is -0.520. The summed E-state index contributed by atoms with van der Waals surface area (Å²) in [5, 5.41) is 0. The SMILES string of the molecule is COc1cc2c3c(c1)C(CN1CCCCC1C)=CC(C)(C)N3C(=O)C2=O. The van der Waals surface area contributed by atoms with Gasteiger partial charge >= 0.3 is 0 Å². The fraction of sp³-hybridized carbons (Fsp3) is 0.524. The number of anilines is 1. The summed E-state index contributed by atoms with van der Waals surface area (Å²) in [7, 11) is 1.59. The third-order valence-corrected chi connectivity index (χ3v) is 5.95. The van der Waals surface area contributed by atoms with Gasteiger partial charge in [-0.1, -0.05) is 12.5 Å². The second kappa shape index (κ2) is 5.95. The van der Waals surface area contributed by atoms with Gasteiger partial charge in [-0.15, -0.1) is 0 Å². The minimum Gasteiger partial charge on any atom is -0.497 e. The van der Waals surface area contributed by atoms with E-state index in [9.17, 15) is 9.59 Å². The number of rotatable bonds is 3. The largest absolute Gasteiger partial charge is 0.497 e. The third-order valence-electron chi connectivity index (χ3n) is 5.95. The van der Waals surface area contributed by atoms with Gasteiger partial charge in [-0.3, -0.25) is 19.4 Å². The molecular formula is C21H26N2O3. The topological polar surface area (TPSA) is 49.9 Å². The van der Waals surface area contributed by atoms with E-state index in [0.29, 0.717) is 17.4 Å². The van der Waals surface area contributed by atoms with Gasteiger partial charge in [0.2, 0.25) is 0 Å². The van der Waals surface area contributed by atoms with Crippen LogP contribution in [-0.2, 0) is 4.79 Å². The molecule has 3 aliphatic heterocycles. The highest BCUT2D eigenvalue weighted by molar-refractivity contribution is 6.53. The molecular weight excluding hydrogens is 328 g/mol. The average Bonchev–Trinajstić information content (AvgIpc) is 2.86. The van der Waals surface area contributed by atoms with Crippen molar-refractivity contribution in [1.82, 2.24) is 4.90 Å². The van der Waals surface area contributed by atoms with Crippen LogP contribution in [0.5, 0.6) is 5.75 Å². The van der Waals surface area contributed by atoms with Crippen LogP contribution in [0.15, 0.2) is 18.2 Å². The van der Waals surface area contributed by atoms with Gasteiger partial charge in [0, 0.05) is 18.2 Å². The Balaban J connectivity index is 1.84. The lowest BCUT2D eigenvalue weighted by Crippen LogP contribution is -2.48. The molecule has 138 valence electrons. The predicted molar refractivity (Wildman–Crippen MR) is 102 cm³/mol. The molecule has 26 heavy (non-hydrogen) atoms. The average molecular weight is 354 g/mol. The number of Topliss-reactive ketones (excluding diaryl/α,β-unsaturated/α-hetero) is 1. The van der Waals surface area contributed by atoms with Crippen molar-refractivity contribution in [2.24, 2.45) is 0 Å².